The fourth-order valence-corrected chi connectivity index (χ4v) is 4.57. The van der Waals surface area contributed by atoms with Crippen molar-refractivity contribution in [3.8, 4) is 17.5 Å². The van der Waals surface area contributed by atoms with E-state index in [1.165, 1.54) is 33.2 Å². The standard InChI is InChI=1S/C27H32FN7O3/c1-16(36)33-18-4-6-19(7-5-18)34-22-11-23(24-9-8-20-10-17(12-29)13-32-35(20)24)30-14-21(22)26(37)31-15-25(28)27(2,3)38/h8-11,13-14,18-19,25,38H,4-7,15H2,1-3H3,(H,30,34)(H,31,37)(H,33,36)/t18-,19-,25-/m1/s1. The van der Waals surface area contributed by atoms with Crippen LogP contribution >= 0.6 is 0 Å². The third-order valence-corrected chi connectivity index (χ3v) is 6.74. The van der Waals surface area contributed by atoms with Gasteiger partial charge in [-0.1, -0.05) is 0 Å². The third-order valence-electron chi connectivity index (χ3n) is 6.74. The van der Waals surface area contributed by atoms with Crippen LogP contribution in [-0.2, 0) is 4.79 Å². The van der Waals surface area contributed by atoms with Crippen molar-refractivity contribution in [2.45, 2.75) is 70.3 Å². The quantitative estimate of drug-likeness (QED) is 0.357. The Balaban J connectivity index is 1.61. The SMILES string of the molecule is CC(=O)N[C@H]1CC[C@H](Nc2cc(-c3ccc4cc(C#N)cnn34)ncc2C(=O)NC[C@@H](F)C(C)(C)O)CC1. The second-order valence-electron chi connectivity index (χ2n) is 10.3. The number of nitrogens with one attached hydrogen (secondary N) is 3. The van der Waals surface area contributed by atoms with E-state index in [1.54, 1.807) is 16.6 Å². The molecular formula is C27H32FN7O3. The van der Waals surface area contributed by atoms with Crippen LogP contribution in [0.15, 0.2) is 36.7 Å². The summed E-state index contributed by atoms with van der Waals surface area (Å²) in [5, 5.41) is 32.4. The molecule has 11 heteroatoms. The van der Waals surface area contributed by atoms with Crippen LogP contribution in [0.1, 0.15) is 62.4 Å². The van der Waals surface area contributed by atoms with E-state index in [2.05, 4.69) is 32.1 Å². The van der Waals surface area contributed by atoms with Gasteiger partial charge in [0.25, 0.3) is 5.91 Å². The molecule has 1 atom stereocenters. The molecule has 0 radical (unpaired) electrons. The first kappa shape index (κ1) is 27.0. The zero-order valence-electron chi connectivity index (χ0n) is 21.7. The summed E-state index contributed by atoms with van der Waals surface area (Å²) in [6.45, 7) is 3.86. The predicted octanol–water partition coefficient (Wildman–Crippen LogP) is 2.97. The van der Waals surface area contributed by atoms with E-state index in [0.29, 0.717) is 22.6 Å². The Labute approximate surface area is 220 Å². The van der Waals surface area contributed by atoms with Crippen molar-refractivity contribution in [1.29, 1.82) is 5.26 Å². The number of hydrogen-bond acceptors (Lipinski definition) is 7. The number of aromatic nitrogens is 3. The fourth-order valence-electron chi connectivity index (χ4n) is 4.57. The Morgan fingerprint density at radius 2 is 1.92 bits per heavy atom. The van der Waals surface area contributed by atoms with Crippen molar-refractivity contribution >= 4 is 23.0 Å². The van der Waals surface area contributed by atoms with Gasteiger partial charge in [-0.3, -0.25) is 14.6 Å². The van der Waals surface area contributed by atoms with Gasteiger partial charge in [-0.2, -0.15) is 10.4 Å². The fraction of sp³-hybridized carbons (Fsp3) is 0.444. The molecule has 3 aromatic heterocycles. The molecule has 38 heavy (non-hydrogen) atoms. The van der Waals surface area contributed by atoms with Crippen molar-refractivity contribution in [3.05, 3.63) is 47.8 Å². The predicted molar refractivity (Wildman–Crippen MR) is 140 cm³/mol. The summed E-state index contributed by atoms with van der Waals surface area (Å²) in [6, 6.07) is 9.42. The van der Waals surface area contributed by atoms with Gasteiger partial charge < -0.3 is 21.1 Å². The van der Waals surface area contributed by atoms with E-state index in [1.807, 2.05) is 12.1 Å². The average molecular weight is 522 g/mol. The van der Waals surface area contributed by atoms with Gasteiger partial charge in [0.1, 0.15) is 12.2 Å². The molecule has 10 nitrogen and oxygen atoms in total. The summed E-state index contributed by atoms with van der Waals surface area (Å²) in [7, 11) is 0. The van der Waals surface area contributed by atoms with Gasteiger partial charge in [0.05, 0.1) is 52.1 Å². The molecule has 1 fully saturated rings. The van der Waals surface area contributed by atoms with Gasteiger partial charge in [-0.05, 0) is 63.8 Å². The Morgan fingerprint density at radius 1 is 1.21 bits per heavy atom. The molecular weight excluding hydrogens is 489 g/mol. The molecule has 3 aromatic rings. The van der Waals surface area contributed by atoms with Gasteiger partial charge in [0.2, 0.25) is 5.91 Å². The molecule has 4 rings (SSSR count). The molecule has 0 aromatic carbocycles. The highest BCUT2D eigenvalue weighted by molar-refractivity contribution is 6.00. The Hall–Kier alpha value is -4.04. The third kappa shape index (κ3) is 6.26. The minimum absolute atomic E-state index is 0.0497. The van der Waals surface area contributed by atoms with Crippen LogP contribution in [0, 0.1) is 11.3 Å². The van der Waals surface area contributed by atoms with E-state index >= 15 is 0 Å². The first-order chi connectivity index (χ1) is 18.0. The number of halogens is 1. The van der Waals surface area contributed by atoms with Crippen molar-refractivity contribution < 1.29 is 19.1 Å². The summed E-state index contributed by atoms with van der Waals surface area (Å²) < 4.78 is 16.0. The van der Waals surface area contributed by atoms with Crippen molar-refractivity contribution in [3.63, 3.8) is 0 Å². The summed E-state index contributed by atoms with van der Waals surface area (Å²) in [5.74, 6) is -0.562. The number of alkyl halides is 1. The maximum atomic E-state index is 14.3. The van der Waals surface area contributed by atoms with Crippen LogP contribution in [-0.4, -0.2) is 61.9 Å². The maximum Gasteiger partial charge on any atom is 0.255 e. The van der Waals surface area contributed by atoms with E-state index in [4.69, 9.17) is 5.26 Å². The van der Waals surface area contributed by atoms with E-state index in [9.17, 15) is 19.1 Å². The minimum Gasteiger partial charge on any atom is -0.387 e. The lowest BCUT2D eigenvalue weighted by molar-refractivity contribution is -0.119. The van der Waals surface area contributed by atoms with Crippen molar-refractivity contribution in [1.82, 2.24) is 25.2 Å². The molecule has 2 amide bonds. The van der Waals surface area contributed by atoms with Gasteiger partial charge in [-0.15, -0.1) is 0 Å². The molecule has 1 aliphatic rings. The van der Waals surface area contributed by atoms with E-state index in [0.717, 1.165) is 31.2 Å². The minimum atomic E-state index is -1.64. The van der Waals surface area contributed by atoms with Crippen LogP contribution in [0.2, 0.25) is 0 Å². The lowest BCUT2D eigenvalue weighted by Gasteiger charge is -2.30. The maximum absolute atomic E-state index is 14.3. The first-order valence-corrected chi connectivity index (χ1v) is 12.6. The summed E-state index contributed by atoms with van der Waals surface area (Å²) >= 11 is 0. The van der Waals surface area contributed by atoms with Crippen LogP contribution in [0.5, 0.6) is 0 Å². The zero-order chi connectivity index (χ0) is 27.4. The van der Waals surface area contributed by atoms with Crippen molar-refractivity contribution in [2.24, 2.45) is 0 Å². The first-order valence-electron chi connectivity index (χ1n) is 12.6. The van der Waals surface area contributed by atoms with Crippen molar-refractivity contribution in [2.75, 3.05) is 11.9 Å². The number of amides is 2. The Kier molecular flexibility index (Phi) is 7.92. The summed E-state index contributed by atoms with van der Waals surface area (Å²) in [4.78, 5) is 29.0. The number of carbonyl (C=O) groups excluding carboxylic acids is 2. The number of fused-ring (bicyclic) bond motifs is 1. The smallest absolute Gasteiger partial charge is 0.255 e. The molecule has 1 saturated carbocycles. The number of nitrogens with zero attached hydrogens (tertiary/aromatic N) is 4. The molecule has 0 aliphatic heterocycles. The number of anilines is 1. The number of rotatable bonds is 8. The van der Waals surface area contributed by atoms with Gasteiger partial charge in [0, 0.05) is 25.2 Å². The molecule has 1 aliphatic carbocycles. The Bertz CT molecular complexity index is 1370. The van der Waals surface area contributed by atoms with Crippen LogP contribution in [0.3, 0.4) is 0 Å². The molecule has 0 unspecified atom stereocenters. The normalized spacial score (nSPS) is 18.4. The van der Waals surface area contributed by atoms with Crippen LogP contribution < -0.4 is 16.0 Å². The number of carbonyl (C=O) groups is 2. The largest absolute Gasteiger partial charge is 0.387 e. The molecule has 0 bridgehead atoms. The molecule has 4 N–H and O–H groups in total. The number of hydrogen-bond donors (Lipinski definition) is 4. The highest BCUT2D eigenvalue weighted by atomic mass is 19.1. The summed E-state index contributed by atoms with van der Waals surface area (Å²) in [5.41, 5.74) is 1.62. The second-order valence-corrected chi connectivity index (χ2v) is 10.3. The molecule has 200 valence electrons. The lowest BCUT2D eigenvalue weighted by atomic mass is 9.90. The van der Waals surface area contributed by atoms with Gasteiger partial charge in [0.15, 0.2) is 0 Å². The highest BCUT2D eigenvalue weighted by Crippen LogP contribution is 2.29. The van der Waals surface area contributed by atoms with Crippen LogP contribution in [0.25, 0.3) is 16.9 Å². The Morgan fingerprint density at radius 3 is 2.58 bits per heavy atom. The average Bonchev–Trinajstić information content (AvgIpc) is 3.30. The number of pyridine rings is 1. The zero-order valence-corrected chi connectivity index (χ0v) is 21.7. The van der Waals surface area contributed by atoms with E-state index < -0.39 is 17.7 Å². The number of aliphatic hydroxyl groups is 1. The van der Waals surface area contributed by atoms with Gasteiger partial charge >= 0.3 is 0 Å². The van der Waals surface area contributed by atoms with Gasteiger partial charge in [-0.25, -0.2) is 8.91 Å². The highest BCUT2D eigenvalue weighted by Gasteiger charge is 2.28. The topological polar surface area (TPSA) is 144 Å². The monoisotopic (exact) mass is 521 g/mol. The molecule has 0 spiro atoms. The van der Waals surface area contributed by atoms with Crippen LogP contribution in [0.4, 0.5) is 10.1 Å². The second kappa shape index (κ2) is 11.1. The van der Waals surface area contributed by atoms with E-state index in [-0.39, 0.29) is 30.1 Å². The molecule has 3 heterocycles. The number of nitriles is 1. The summed E-state index contributed by atoms with van der Waals surface area (Å²) in [6.07, 6.45) is 4.47. The lowest BCUT2D eigenvalue weighted by Crippen LogP contribution is -2.42. The molecule has 0 saturated heterocycles.